The summed E-state index contributed by atoms with van der Waals surface area (Å²) in [6.07, 6.45) is 0.728. The summed E-state index contributed by atoms with van der Waals surface area (Å²) in [6, 6.07) is 12.0. The van der Waals surface area contributed by atoms with Gasteiger partial charge in [-0.15, -0.1) is 0 Å². The smallest absolute Gasteiger partial charge is 0.332 e. The van der Waals surface area contributed by atoms with Crippen molar-refractivity contribution in [1.29, 1.82) is 0 Å². The van der Waals surface area contributed by atoms with Crippen LogP contribution in [0.5, 0.6) is 5.75 Å². The molecule has 1 heterocycles. The average molecular weight is 460 g/mol. The second kappa shape index (κ2) is 11.0. The average Bonchev–Trinajstić information content (AvgIpc) is 3.01. The molecular formula is C23H26ClN3O5. The maximum atomic E-state index is 13.1. The lowest BCUT2D eigenvalue weighted by Crippen LogP contribution is -2.39. The Hall–Kier alpha value is -3.10. The second-order valence-electron chi connectivity index (χ2n) is 7.26. The van der Waals surface area contributed by atoms with Gasteiger partial charge in [-0.25, -0.2) is 9.69 Å². The van der Waals surface area contributed by atoms with Gasteiger partial charge in [-0.1, -0.05) is 18.5 Å². The largest absolute Gasteiger partial charge is 0.494 e. The Morgan fingerprint density at radius 3 is 2.38 bits per heavy atom. The minimum Gasteiger partial charge on any atom is -0.494 e. The summed E-state index contributed by atoms with van der Waals surface area (Å²) in [5, 5.41) is 3.27. The predicted molar refractivity (Wildman–Crippen MR) is 122 cm³/mol. The number of nitrogens with zero attached hydrogens (tertiary/aromatic N) is 2. The van der Waals surface area contributed by atoms with Gasteiger partial charge >= 0.3 is 6.03 Å². The van der Waals surface area contributed by atoms with Crippen LogP contribution in [0, 0.1) is 0 Å². The fraction of sp³-hybridized carbons (Fsp3) is 0.348. The molecule has 4 amide bonds. The van der Waals surface area contributed by atoms with Crippen molar-refractivity contribution in [2.75, 3.05) is 37.1 Å². The zero-order chi connectivity index (χ0) is 23.1. The molecule has 2 aromatic rings. The van der Waals surface area contributed by atoms with Crippen molar-refractivity contribution in [3.8, 4) is 5.75 Å². The van der Waals surface area contributed by atoms with Crippen LogP contribution in [0.15, 0.2) is 48.5 Å². The quantitative estimate of drug-likeness (QED) is 0.543. The minimum absolute atomic E-state index is 0.174. The van der Waals surface area contributed by atoms with E-state index in [0.29, 0.717) is 28.8 Å². The Balaban J connectivity index is 1.72. The van der Waals surface area contributed by atoms with E-state index in [1.54, 1.807) is 48.5 Å². The molecule has 1 N–H and O–H groups in total. The highest BCUT2D eigenvalue weighted by molar-refractivity contribution is 6.30. The van der Waals surface area contributed by atoms with E-state index in [1.165, 1.54) is 12.0 Å². The van der Waals surface area contributed by atoms with Gasteiger partial charge in [0.25, 0.3) is 5.91 Å². The third-order valence-electron chi connectivity index (χ3n) is 4.93. The number of urea groups is 1. The van der Waals surface area contributed by atoms with Crippen LogP contribution in [-0.4, -0.2) is 55.7 Å². The van der Waals surface area contributed by atoms with Gasteiger partial charge in [-0.05, 0) is 55.0 Å². The Morgan fingerprint density at radius 1 is 1.06 bits per heavy atom. The number of hydrogen-bond acceptors (Lipinski definition) is 5. The number of hydrogen-bond donors (Lipinski definition) is 1. The van der Waals surface area contributed by atoms with Crippen molar-refractivity contribution in [3.05, 3.63) is 53.6 Å². The normalized spacial score (nSPS) is 15.9. The summed E-state index contributed by atoms with van der Waals surface area (Å²) < 4.78 is 10.6. The summed E-state index contributed by atoms with van der Waals surface area (Å²) in [5.41, 5.74) is 0.978. The minimum atomic E-state index is -0.930. The standard InChI is InChI=1S/C23H26ClN3O5/c1-3-13-32-19-10-6-17(7-11-19)25-21(28)15-20-22(29)27(18-8-4-16(24)5-9-18)23(30)26(20)12-14-31-2/h4-11,20H,3,12-15H2,1-2H3,(H,25,28)/t20-/m0/s1. The first-order valence-corrected chi connectivity index (χ1v) is 10.7. The van der Waals surface area contributed by atoms with Gasteiger partial charge < -0.3 is 19.7 Å². The number of carbonyl (C=O) groups is 3. The van der Waals surface area contributed by atoms with E-state index in [9.17, 15) is 14.4 Å². The summed E-state index contributed by atoms with van der Waals surface area (Å²) in [7, 11) is 1.51. The number of amides is 4. The molecule has 32 heavy (non-hydrogen) atoms. The monoisotopic (exact) mass is 459 g/mol. The van der Waals surface area contributed by atoms with Gasteiger partial charge in [0.2, 0.25) is 5.91 Å². The third-order valence-corrected chi connectivity index (χ3v) is 5.18. The fourth-order valence-electron chi connectivity index (χ4n) is 3.35. The zero-order valence-corrected chi connectivity index (χ0v) is 18.8. The van der Waals surface area contributed by atoms with Gasteiger partial charge in [0, 0.05) is 24.4 Å². The molecular weight excluding hydrogens is 434 g/mol. The highest BCUT2D eigenvalue weighted by Gasteiger charge is 2.46. The number of carbonyl (C=O) groups excluding carboxylic acids is 3. The maximum absolute atomic E-state index is 13.1. The molecule has 2 aromatic carbocycles. The molecule has 8 nitrogen and oxygen atoms in total. The van der Waals surface area contributed by atoms with Crippen LogP contribution in [0.3, 0.4) is 0 Å². The summed E-state index contributed by atoms with van der Waals surface area (Å²) in [5.74, 6) is -0.128. The van der Waals surface area contributed by atoms with Crippen LogP contribution in [0.2, 0.25) is 5.02 Å². The van der Waals surface area contributed by atoms with Crippen LogP contribution in [0.25, 0.3) is 0 Å². The van der Waals surface area contributed by atoms with Crippen LogP contribution in [0.4, 0.5) is 16.2 Å². The molecule has 0 radical (unpaired) electrons. The number of methoxy groups -OCH3 is 1. The lowest BCUT2D eigenvalue weighted by atomic mass is 10.1. The van der Waals surface area contributed by atoms with Crippen molar-refractivity contribution < 1.29 is 23.9 Å². The number of imide groups is 1. The van der Waals surface area contributed by atoms with Crippen molar-refractivity contribution in [3.63, 3.8) is 0 Å². The first kappa shape index (κ1) is 23.6. The van der Waals surface area contributed by atoms with Gasteiger partial charge in [-0.2, -0.15) is 0 Å². The molecule has 1 saturated heterocycles. The van der Waals surface area contributed by atoms with Gasteiger partial charge in [-0.3, -0.25) is 9.59 Å². The Morgan fingerprint density at radius 2 is 1.75 bits per heavy atom. The highest BCUT2D eigenvalue weighted by Crippen LogP contribution is 2.28. The van der Waals surface area contributed by atoms with E-state index in [-0.39, 0.29) is 25.5 Å². The molecule has 0 bridgehead atoms. The summed E-state index contributed by atoms with van der Waals surface area (Å²) in [4.78, 5) is 41.2. The van der Waals surface area contributed by atoms with E-state index in [4.69, 9.17) is 21.1 Å². The van der Waals surface area contributed by atoms with Gasteiger partial charge in [0.1, 0.15) is 11.8 Å². The summed E-state index contributed by atoms with van der Waals surface area (Å²) in [6.45, 7) is 3.07. The number of nitrogens with one attached hydrogen (secondary N) is 1. The van der Waals surface area contributed by atoms with Crippen molar-refractivity contribution in [1.82, 2.24) is 4.90 Å². The molecule has 1 fully saturated rings. The zero-order valence-electron chi connectivity index (χ0n) is 18.0. The van der Waals surface area contributed by atoms with Crippen LogP contribution >= 0.6 is 11.6 Å². The van der Waals surface area contributed by atoms with Crippen LogP contribution < -0.4 is 15.0 Å². The highest BCUT2D eigenvalue weighted by atomic mass is 35.5. The molecule has 3 rings (SSSR count). The van der Waals surface area contributed by atoms with E-state index in [0.717, 1.165) is 11.3 Å². The molecule has 0 aliphatic carbocycles. The maximum Gasteiger partial charge on any atom is 0.332 e. The molecule has 1 aliphatic heterocycles. The lowest BCUT2D eigenvalue weighted by Gasteiger charge is -2.21. The number of rotatable bonds is 10. The number of anilines is 2. The molecule has 9 heteroatoms. The molecule has 0 aromatic heterocycles. The van der Waals surface area contributed by atoms with Crippen LogP contribution in [-0.2, 0) is 14.3 Å². The van der Waals surface area contributed by atoms with Gasteiger partial charge in [0.15, 0.2) is 0 Å². The Kier molecular flexibility index (Phi) is 8.08. The van der Waals surface area contributed by atoms with E-state index < -0.39 is 18.0 Å². The van der Waals surface area contributed by atoms with E-state index >= 15 is 0 Å². The predicted octanol–water partition coefficient (Wildman–Crippen LogP) is 3.94. The molecule has 0 spiro atoms. The number of ether oxygens (including phenoxy) is 2. The van der Waals surface area contributed by atoms with Crippen molar-refractivity contribution >= 4 is 40.8 Å². The fourth-order valence-corrected chi connectivity index (χ4v) is 3.47. The topological polar surface area (TPSA) is 88.2 Å². The van der Waals surface area contributed by atoms with Crippen molar-refractivity contribution in [2.45, 2.75) is 25.8 Å². The van der Waals surface area contributed by atoms with Gasteiger partial charge in [0.05, 0.1) is 25.3 Å². The summed E-state index contributed by atoms with van der Waals surface area (Å²) >= 11 is 5.92. The number of halogens is 1. The van der Waals surface area contributed by atoms with E-state index in [2.05, 4.69) is 5.32 Å². The van der Waals surface area contributed by atoms with E-state index in [1.807, 2.05) is 6.92 Å². The first-order valence-electron chi connectivity index (χ1n) is 10.4. The second-order valence-corrected chi connectivity index (χ2v) is 7.70. The third kappa shape index (κ3) is 5.57. The number of benzene rings is 2. The van der Waals surface area contributed by atoms with Crippen LogP contribution in [0.1, 0.15) is 19.8 Å². The SMILES string of the molecule is CCCOc1ccc(NC(=O)C[C@H]2C(=O)N(c3ccc(Cl)cc3)C(=O)N2CCOC)cc1. The molecule has 1 atom stereocenters. The lowest BCUT2D eigenvalue weighted by molar-refractivity contribution is -0.124. The molecule has 0 unspecified atom stereocenters. The Labute approximate surface area is 192 Å². The molecule has 170 valence electrons. The first-order chi connectivity index (χ1) is 15.4. The molecule has 0 saturated carbocycles. The van der Waals surface area contributed by atoms with Crippen molar-refractivity contribution in [2.24, 2.45) is 0 Å². The molecule has 1 aliphatic rings. The Bertz CT molecular complexity index is 949.